The molecule has 20 heavy (non-hydrogen) atoms. The van der Waals surface area contributed by atoms with Crippen molar-refractivity contribution >= 4 is 27.8 Å². The molecule has 1 aromatic rings. The molecule has 0 bridgehead atoms. The maximum absolute atomic E-state index is 12.8. The predicted molar refractivity (Wildman–Crippen MR) is 69.4 cm³/mol. The zero-order valence-electron chi connectivity index (χ0n) is 10.4. The number of hydrogen-bond acceptors (Lipinski definition) is 5. The van der Waals surface area contributed by atoms with Crippen LogP contribution in [0.5, 0.6) is 0 Å². The summed E-state index contributed by atoms with van der Waals surface area (Å²) < 4.78 is 58.6. The summed E-state index contributed by atoms with van der Waals surface area (Å²) in [6.45, 7) is -1.71. The fourth-order valence-electron chi connectivity index (χ4n) is 1.20. The van der Waals surface area contributed by atoms with Gasteiger partial charge in [0.25, 0.3) is 0 Å². The van der Waals surface area contributed by atoms with Crippen molar-refractivity contribution in [3.8, 4) is 0 Å². The number of hydrogen-bond donors (Lipinski definition) is 1. The molecule has 5 nitrogen and oxygen atoms in total. The number of benzene rings is 1. The molecule has 0 saturated carbocycles. The van der Waals surface area contributed by atoms with Crippen molar-refractivity contribution in [3.05, 3.63) is 29.8 Å². The molecule has 0 heterocycles. The van der Waals surface area contributed by atoms with Gasteiger partial charge in [0.15, 0.2) is 6.61 Å². The first kappa shape index (κ1) is 16.9. The van der Waals surface area contributed by atoms with E-state index in [1.807, 2.05) is 6.26 Å². The molecule has 1 aromatic carbocycles. The Labute approximate surface area is 119 Å². The van der Waals surface area contributed by atoms with Crippen LogP contribution in [0.4, 0.5) is 8.78 Å². The molecular weight excluding hydrogens is 314 g/mol. The molecule has 0 aliphatic rings. The van der Waals surface area contributed by atoms with Gasteiger partial charge in [-0.05, 0) is 24.0 Å². The summed E-state index contributed by atoms with van der Waals surface area (Å²) in [4.78, 5) is 12.3. The lowest BCUT2D eigenvalue weighted by molar-refractivity contribution is -0.148. The quantitative estimate of drug-likeness (QED) is 0.489. The number of alkyl halides is 2. The number of halogens is 2. The number of carbonyl (C=O) groups excluding carboxylic acids is 1. The van der Waals surface area contributed by atoms with Crippen LogP contribution in [0.25, 0.3) is 0 Å². The summed E-state index contributed by atoms with van der Waals surface area (Å²) in [7, 11) is -5.59. The van der Waals surface area contributed by atoms with E-state index >= 15 is 0 Å². The van der Waals surface area contributed by atoms with Crippen LogP contribution in [0, 0.1) is 0 Å². The van der Waals surface area contributed by atoms with Crippen LogP contribution < -0.4 is 0 Å². The van der Waals surface area contributed by atoms with Gasteiger partial charge in [-0.2, -0.15) is 17.2 Å². The van der Waals surface area contributed by atoms with E-state index in [0.717, 1.165) is 4.90 Å². The lowest BCUT2D eigenvalue weighted by atomic mass is 10.1. The molecule has 0 aliphatic carbocycles. The van der Waals surface area contributed by atoms with E-state index in [1.165, 1.54) is 11.8 Å². The van der Waals surface area contributed by atoms with Crippen LogP contribution >= 0.6 is 11.8 Å². The first-order valence-corrected chi connectivity index (χ1v) is 7.95. The average Bonchev–Trinajstić information content (AvgIpc) is 2.36. The summed E-state index contributed by atoms with van der Waals surface area (Å²) in [5, 5.41) is -4.51. The van der Waals surface area contributed by atoms with Crippen LogP contribution in [-0.4, -0.2) is 37.1 Å². The molecule has 0 fully saturated rings. The van der Waals surface area contributed by atoms with Crippen LogP contribution in [-0.2, 0) is 26.1 Å². The Balaban J connectivity index is 2.56. The maximum atomic E-state index is 12.8. The molecule has 9 heteroatoms. The van der Waals surface area contributed by atoms with Crippen LogP contribution in [0.1, 0.15) is 5.56 Å². The largest absolute Gasteiger partial charge is 0.458 e. The van der Waals surface area contributed by atoms with E-state index in [9.17, 15) is 22.0 Å². The highest BCUT2D eigenvalue weighted by atomic mass is 32.2. The van der Waals surface area contributed by atoms with E-state index in [2.05, 4.69) is 4.74 Å². The molecule has 1 N–H and O–H groups in total. The van der Waals surface area contributed by atoms with E-state index < -0.39 is 27.9 Å². The van der Waals surface area contributed by atoms with E-state index in [1.54, 1.807) is 24.3 Å². The predicted octanol–water partition coefficient (Wildman–Crippen LogP) is 1.97. The van der Waals surface area contributed by atoms with Gasteiger partial charge in [-0.1, -0.05) is 12.1 Å². The molecule has 0 amide bonds. The Kier molecular flexibility index (Phi) is 5.49. The first-order valence-electron chi connectivity index (χ1n) is 5.29. The summed E-state index contributed by atoms with van der Waals surface area (Å²) in [6.07, 6.45) is 1.61. The Morgan fingerprint density at radius 3 is 2.35 bits per heavy atom. The van der Waals surface area contributed by atoms with Gasteiger partial charge in [0, 0.05) is 4.90 Å². The fourth-order valence-corrected chi connectivity index (χ4v) is 1.82. The van der Waals surface area contributed by atoms with Gasteiger partial charge in [0.2, 0.25) is 0 Å². The molecule has 0 atom stereocenters. The molecule has 0 saturated heterocycles. The highest BCUT2D eigenvalue weighted by Crippen LogP contribution is 2.21. The van der Waals surface area contributed by atoms with Gasteiger partial charge >= 0.3 is 21.3 Å². The zero-order chi connectivity index (χ0) is 15.4. The Bertz CT molecular complexity index is 569. The number of carbonyl (C=O) groups is 1. The van der Waals surface area contributed by atoms with Crippen LogP contribution in [0.3, 0.4) is 0 Å². The van der Waals surface area contributed by atoms with E-state index in [4.69, 9.17) is 4.55 Å². The topological polar surface area (TPSA) is 80.7 Å². The third-order valence-electron chi connectivity index (χ3n) is 2.29. The second-order valence-electron chi connectivity index (χ2n) is 3.80. The summed E-state index contributed by atoms with van der Waals surface area (Å²) >= 11 is 1.50. The van der Waals surface area contributed by atoms with Crippen LogP contribution in [0.15, 0.2) is 29.2 Å². The number of thioether (sulfide) groups is 1. The summed E-state index contributed by atoms with van der Waals surface area (Å²) in [6, 6.07) is 6.77. The van der Waals surface area contributed by atoms with Crippen molar-refractivity contribution in [3.63, 3.8) is 0 Å². The molecular formula is C11H12F2O5S2. The Morgan fingerprint density at radius 1 is 1.35 bits per heavy atom. The van der Waals surface area contributed by atoms with Gasteiger partial charge < -0.3 is 4.74 Å². The third-order valence-corrected chi connectivity index (χ3v) is 3.90. The SMILES string of the molecule is CSc1ccc(CC(=O)OCC(F)(F)S(=O)(=O)O)cc1. The summed E-state index contributed by atoms with van der Waals surface area (Å²) in [5.41, 5.74) is 0.544. The van der Waals surface area contributed by atoms with Crippen molar-refractivity contribution < 1.29 is 31.3 Å². The second-order valence-corrected chi connectivity index (χ2v) is 6.22. The molecule has 0 aliphatic heterocycles. The molecule has 0 aromatic heterocycles. The molecule has 1 rings (SSSR count). The molecule has 112 valence electrons. The second kappa shape index (κ2) is 6.51. The minimum atomic E-state index is -5.59. The van der Waals surface area contributed by atoms with Crippen LogP contribution in [0.2, 0.25) is 0 Å². The monoisotopic (exact) mass is 326 g/mol. The summed E-state index contributed by atoms with van der Waals surface area (Å²) in [5.74, 6) is -1.01. The highest BCUT2D eigenvalue weighted by Gasteiger charge is 2.45. The average molecular weight is 326 g/mol. The molecule has 0 unspecified atom stereocenters. The third kappa shape index (κ3) is 4.73. The first-order chi connectivity index (χ1) is 9.15. The maximum Gasteiger partial charge on any atom is 0.402 e. The fraction of sp³-hybridized carbons (Fsp3) is 0.364. The van der Waals surface area contributed by atoms with Crippen molar-refractivity contribution in [1.29, 1.82) is 0 Å². The normalized spacial score (nSPS) is 12.2. The van der Waals surface area contributed by atoms with E-state index in [0.29, 0.717) is 5.56 Å². The zero-order valence-corrected chi connectivity index (χ0v) is 12.0. The van der Waals surface area contributed by atoms with Gasteiger partial charge in [0.05, 0.1) is 6.42 Å². The van der Waals surface area contributed by atoms with E-state index in [-0.39, 0.29) is 6.42 Å². The minimum Gasteiger partial charge on any atom is -0.458 e. The van der Waals surface area contributed by atoms with Gasteiger partial charge in [-0.3, -0.25) is 9.35 Å². The lowest BCUT2D eigenvalue weighted by Crippen LogP contribution is -2.34. The smallest absolute Gasteiger partial charge is 0.402 e. The lowest BCUT2D eigenvalue weighted by Gasteiger charge is -2.13. The van der Waals surface area contributed by atoms with Gasteiger partial charge in [-0.25, -0.2) is 0 Å². The van der Waals surface area contributed by atoms with Crippen molar-refractivity contribution in [2.24, 2.45) is 0 Å². The molecule has 0 radical (unpaired) electrons. The van der Waals surface area contributed by atoms with Crippen molar-refractivity contribution in [1.82, 2.24) is 0 Å². The number of rotatable bonds is 6. The molecule has 0 spiro atoms. The van der Waals surface area contributed by atoms with Crippen molar-refractivity contribution in [2.45, 2.75) is 16.6 Å². The highest BCUT2D eigenvalue weighted by molar-refractivity contribution is 7.98. The Hall–Kier alpha value is -1.19. The Morgan fingerprint density at radius 2 is 1.90 bits per heavy atom. The standard InChI is InChI=1S/C11H12F2O5S2/c1-19-9-4-2-8(3-5-9)6-10(14)18-7-11(12,13)20(15,16)17/h2-5H,6-7H2,1H3,(H,15,16,17). The van der Waals surface area contributed by atoms with Gasteiger partial charge in [0.1, 0.15) is 0 Å². The van der Waals surface area contributed by atoms with Crippen molar-refractivity contribution in [2.75, 3.05) is 12.9 Å². The van der Waals surface area contributed by atoms with Gasteiger partial charge in [-0.15, -0.1) is 11.8 Å². The minimum absolute atomic E-state index is 0.268. The number of esters is 1. The number of ether oxygens (including phenoxy) is 1.